The Hall–Kier alpha value is -0.300. The average molecular weight is 237 g/mol. The van der Waals surface area contributed by atoms with Crippen LogP contribution < -0.4 is 5.32 Å². The predicted octanol–water partition coefficient (Wildman–Crippen LogP) is 4.82. The zero-order chi connectivity index (χ0) is 12.3. The highest BCUT2D eigenvalue weighted by molar-refractivity contribution is 4.84. The Morgan fingerprint density at radius 3 is 1.71 bits per heavy atom. The first-order valence-corrected chi connectivity index (χ1v) is 7.71. The molecule has 100 valence electrons. The summed E-state index contributed by atoms with van der Waals surface area (Å²) in [5.74, 6) is 0. The van der Waals surface area contributed by atoms with E-state index in [0.717, 1.165) is 6.04 Å². The fourth-order valence-electron chi connectivity index (χ4n) is 2.77. The molecule has 1 rings (SSSR count). The van der Waals surface area contributed by atoms with Crippen molar-refractivity contribution in [2.45, 2.75) is 89.6 Å². The van der Waals surface area contributed by atoms with Crippen LogP contribution >= 0.6 is 0 Å². The van der Waals surface area contributed by atoms with Crippen molar-refractivity contribution in [2.75, 3.05) is 0 Å². The van der Waals surface area contributed by atoms with Gasteiger partial charge in [0.15, 0.2) is 0 Å². The highest BCUT2D eigenvalue weighted by atomic mass is 14.9. The molecule has 0 aliphatic heterocycles. The van der Waals surface area contributed by atoms with Gasteiger partial charge in [-0.1, -0.05) is 63.9 Å². The van der Waals surface area contributed by atoms with Gasteiger partial charge in [0.05, 0.1) is 0 Å². The molecule has 1 saturated carbocycles. The highest BCUT2D eigenvalue weighted by Crippen LogP contribution is 2.17. The third kappa shape index (κ3) is 7.59. The number of hydrogen-bond donors (Lipinski definition) is 1. The van der Waals surface area contributed by atoms with Gasteiger partial charge in [-0.3, -0.25) is 0 Å². The van der Waals surface area contributed by atoms with E-state index in [1.807, 2.05) is 6.08 Å². The van der Waals surface area contributed by atoms with Gasteiger partial charge >= 0.3 is 0 Å². The summed E-state index contributed by atoms with van der Waals surface area (Å²) in [6.07, 6.45) is 17.7. The third-order valence-corrected chi connectivity index (χ3v) is 3.96. The zero-order valence-corrected chi connectivity index (χ0v) is 11.7. The summed E-state index contributed by atoms with van der Waals surface area (Å²) < 4.78 is 0. The van der Waals surface area contributed by atoms with Gasteiger partial charge < -0.3 is 5.32 Å². The maximum absolute atomic E-state index is 3.87. The lowest BCUT2D eigenvalue weighted by atomic mass is 9.97. The third-order valence-electron chi connectivity index (χ3n) is 3.96. The van der Waals surface area contributed by atoms with Gasteiger partial charge in [-0.25, -0.2) is 0 Å². The van der Waals surface area contributed by atoms with E-state index in [1.54, 1.807) is 0 Å². The summed E-state index contributed by atoms with van der Waals surface area (Å²) in [6, 6.07) is 1.19. The fourth-order valence-corrected chi connectivity index (χ4v) is 2.77. The Labute approximate surface area is 108 Å². The molecule has 1 aliphatic carbocycles. The molecule has 1 unspecified atom stereocenters. The lowest BCUT2D eigenvalue weighted by Crippen LogP contribution is -2.35. The van der Waals surface area contributed by atoms with Crippen molar-refractivity contribution in [3.8, 4) is 0 Å². The van der Waals surface area contributed by atoms with Gasteiger partial charge in [0.2, 0.25) is 0 Å². The van der Waals surface area contributed by atoms with Crippen LogP contribution in [-0.4, -0.2) is 12.1 Å². The second-order valence-corrected chi connectivity index (χ2v) is 5.65. The van der Waals surface area contributed by atoms with E-state index in [-0.39, 0.29) is 0 Å². The largest absolute Gasteiger partial charge is 0.308 e. The molecule has 0 saturated heterocycles. The van der Waals surface area contributed by atoms with Crippen molar-refractivity contribution in [2.24, 2.45) is 0 Å². The lowest BCUT2D eigenvalue weighted by Gasteiger charge is -2.22. The van der Waals surface area contributed by atoms with Crippen LogP contribution in [0.3, 0.4) is 0 Å². The quantitative estimate of drug-likeness (QED) is 0.694. The van der Waals surface area contributed by atoms with Crippen LogP contribution in [0, 0.1) is 0 Å². The first-order chi connectivity index (χ1) is 8.33. The maximum Gasteiger partial charge on any atom is 0.0221 e. The summed E-state index contributed by atoms with van der Waals surface area (Å²) in [7, 11) is 0. The van der Waals surface area contributed by atoms with Crippen LogP contribution in [0.25, 0.3) is 0 Å². The van der Waals surface area contributed by atoms with Crippen molar-refractivity contribution < 1.29 is 0 Å². The van der Waals surface area contributed by atoms with Crippen molar-refractivity contribution in [1.82, 2.24) is 5.32 Å². The molecule has 1 N–H and O–H groups in total. The molecule has 1 aliphatic rings. The van der Waals surface area contributed by atoms with Gasteiger partial charge in [-0.2, -0.15) is 0 Å². The van der Waals surface area contributed by atoms with Crippen molar-refractivity contribution >= 4 is 0 Å². The van der Waals surface area contributed by atoms with Crippen LogP contribution in [0.1, 0.15) is 77.6 Å². The molecule has 0 spiro atoms. The Morgan fingerprint density at radius 1 is 0.882 bits per heavy atom. The van der Waals surface area contributed by atoms with Crippen molar-refractivity contribution in [3.05, 3.63) is 12.7 Å². The van der Waals surface area contributed by atoms with Crippen molar-refractivity contribution in [3.63, 3.8) is 0 Å². The molecule has 0 amide bonds. The van der Waals surface area contributed by atoms with Crippen LogP contribution in [0.2, 0.25) is 0 Å². The van der Waals surface area contributed by atoms with Crippen LogP contribution in [0.5, 0.6) is 0 Å². The number of nitrogens with one attached hydrogen (secondary N) is 1. The smallest absolute Gasteiger partial charge is 0.0221 e. The molecule has 0 aromatic carbocycles. The summed E-state index contributed by atoms with van der Waals surface area (Å²) in [5, 5.41) is 3.70. The Balaban J connectivity index is 2.29. The standard InChI is InChI=1S/C16H31N/c1-3-15(2)17-16-13-11-9-7-5-4-6-8-10-12-14-16/h3,15-17H,1,4-14H2,2H3. The molecule has 0 bridgehead atoms. The Kier molecular flexibility index (Phi) is 8.42. The zero-order valence-electron chi connectivity index (χ0n) is 11.7. The molecule has 0 aromatic rings. The highest BCUT2D eigenvalue weighted by Gasteiger charge is 2.10. The molecular formula is C16H31N. The lowest BCUT2D eigenvalue weighted by molar-refractivity contribution is 0.391. The van der Waals surface area contributed by atoms with E-state index in [9.17, 15) is 0 Å². The van der Waals surface area contributed by atoms with Gasteiger partial charge in [-0.05, 0) is 19.8 Å². The van der Waals surface area contributed by atoms with E-state index < -0.39 is 0 Å². The van der Waals surface area contributed by atoms with E-state index >= 15 is 0 Å². The van der Waals surface area contributed by atoms with Gasteiger partial charge in [0.1, 0.15) is 0 Å². The Morgan fingerprint density at radius 2 is 1.29 bits per heavy atom. The van der Waals surface area contributed by atoms with Crippen LogP contribution in [0.15, 0.2) is 12.7 Å². The van der Waals surface area contributed by atoms with E-state index in [0.29, 0.717) is 6.04 Å². The van der Waals surface area contributed by atoms with E-state index in [1.165, 1.54) is 70.6 Å². The van der Waals surface area contributed by atoms with E-state index in [4.69, 9.17) is 0 Å². The van der Waals surface area contributed by atoms with Crippen LogP contribution in [-0.2, 0) is 0 Å². The molecule has 17 heavy (non-hydrogen) atoms. The molecule has 1 nitrogen and oxygen atoms in total. The second kappa shape index (κ2) is 9.70. The minimum absolute atomic E-state index is 0.466. The second-order valence-electron chi connectivity index (χ2n) is 5.65. The fraction of sp³-hybridized carbons (Fsp3) is 0.875. The minimum Gasteiger partial charge on any atom is -0.308 e. The topological polar surface area (TPSA) is 12.0 Å². The normalized spacial score (nSPS) is 23.4. The summed E-state index contributed by atoms with van der Waals surface area (Å²) >= 11 is 0. The minimum atomic E-state index is 0.466. The first-order valence-electron chi connectivity index (χ1n) is 7.71. The molecule has 1 atom stereocenters. The summed E-state index contributed by atoms with van der Waals surface area (Å²) in [5.41, 5.74) is 0. The summed E-state index contributed by atoms with van der Waals surface area (Å²) in [4.78, 5) is 0. The predicted molar refractivity (Wildman–Crippen MR) is 77.4 cm³/mol. The van der Waals surface area contributed by atoms with Gasteiger partial charge in [0, 0.05) is 12.1 Å². The molecule has 0 heterocycles. The number of hydrogen-bond acceptors (Lipinski definition) is 1. The van der Waals surface area contributed by atoms with Crippen LogP contribution in [0.4, 0.5) is 0 Å². The first kappa shape index (κ1) is 14.8. The van der Waals surface area contributed by atoms with Gasteiger partial charge in [0.25, 0.3) is 0 Å². The number of rotatable bonds is 3. The maximum atomic E-state index is 3.87. The average Bonchev–Trinajstić information content (AvgIpc) is 2.32. The molecule has 0 aromatic heterocycles. The SMILES string of the molecule is C=CC(C)NC1CCCCCCCCCCC1. The monoisotopic (exact) mass is 237 g/mol. The molecular weight excluding hydrogens is 206 g/mol. The van der Waals surface area contributed by atoms with E-state index in [2.05, 4.69) is 18.8 Å². The Bertz CT molecular complexity index is 176. The van der Waals surface area contributed by atoms with Crippen molar-refractivity contribution in [1.29, 1.82) is 0 Å². The molecule has 1 fully saturated rings. The molecule has 0 radical (unpaired) electrons. The van der Waals surface area contributed by atoms with Gasteiger partial charge in [-0.15, -0.1) is 6.58 Å². The summed E-state index contributed by atoms with van der Waals surface area (Å²) in [6.45, 7) is 6.08. The molecule has 1 heteroatoms.